The number of rotatable bonds is 15. The molecule has 12 nitrogen and oxygen atoms in total. The van der Waals surface area contributed by atoms with E-state index in [-0.39, 0.29) is 48.6 Å². The molecular weight excluding hydrogens is 664 g/mol. The van der Waals surface area contributed by atoms with Gasteiger partial charge < -0.3 is 35.5 Å². The minimum Gasteiger partial charge on any atom is -0.457 e. The zero-order valence-electron chi connectivity index (χ0n) is 29.6. The van der Waals surface area contributed by atoms with Gasteiger partial charge in [-0.25, -0.2) is 14.4 Å². The summed E-state index contributed by atoms with van der Waals surface area (Å²) in [5.41, 5.74) is 2.67. The molecule has 4 aromatic rings. The second-order valence-electron chi connectivity index (χ2n) is 12.7. The average molecular weight is 709 g/mol. The molecule has 0 aliphatic rings. The Morgan fingerprint density at radius 2 is 0.846 bits per heavy atom. The molecule has 2 atom stereocenters. The van der Waals surface area contributed by atoms with Gasteiger partial charge in [0.2, 0.25) is 11.8 Å². The van der Waals surface area contributed by atoms with Crippen LogP contribution in [0, 0.1) is 11.8 Å². The molecule has 0 bridgehead atoms. The second-order valence-corrected chi connectivity index (χ2v) is 12.7. The summed E-state index contributed by atoms with van der Waals surface area (Å²) < 4.78 is 16.2. The van der Waals surface area contributed by atoms with Crippen LogP contribution in [0.15, 0.2) is 109 Å². The quantitative estimate of drug-likeness (QED) is 0.0773. The summed E-state index contributed by atoms with van der Waals surface area (Å²) >= 11 is 0. The Kier molecular flexibility index (Phi) is 14.3. The van der Waals surface area contributed by atoms with Crippen molar-refractivity contribution in [3.63, 3.8) is 0 Å². The molecule has 0 spiro atoms. The van der Waals surface area contributed by atoms with Crippen molar-refractivity contribution in [1.29, 1.82) is 0 Å². The number of anilines is 2. The Morgan fingerprint density at radius 1 is 0.500 bits per heavy atom. The van der Waals surface area contributed by atoms with Gasteiger partial charge in [-0.15, -0.1) is 0 Å². The van der Waals surface area contributed by atoms with Crippen LogP contribution in [0.1, 0.15) is 54.7 Å². The number of hydrogen-bond acceptors (Lipinski definition) is 8. The van der Waals surface area contributed by atoms with Crippen molar-refractivity contribution in [3.05, 3.63) is 131 Å². The SMILES string of the molecule is CC(C)[C@H](NC(=O)OCc1ccccc1)C(=O)Nc1cc(NC(=O)[C@@H](NC(=O)OCc2ccccc2)C(C)C)cc(C(=O)OCc2ccccc2)c1. The minimum absolute atomic E-state index is 0.00712. The Morgan fingerprint density at radius 3 is 1.19 bits per heavy atom. The Labute approximate surface area is 303 Å². The maximum atomic E-state index is 13.5. The zero-order chi connectivity index (χ0) is 37.5. The van der Waals surface area contributed by atoms with Gasteiger partial charge in [-0.05, 0) is 46.7 Å². The summed E-state index contributed by atoms with van der Waals surface area (Å²) in [6, 6.07) is 29.6. The van der Waals surface area contributed by atoms with Crippen molar-refractivity contribution >= 4 is 41.3 Å². The van der Waals surface area contributed by atoms with E-state index in [9.17, 15) is 24.0 Å². The number of nitrogens with one attached hydrogen (secondary N) is 4. The first-order valence-electron chi connectivity index (χ1n) is 16.9. The summed E-state index contributed by atoms with van der Waals surface area (Å²) in [5.74, 6) is -2.56. The van der Waals surface area contributed by atoms with Gasteiger partial charge in [0.1, 0.15) is 31.9 Å². The van der Waals surface area contributed by atoms with Gasteiger partial charge in [0, 0.05) is 11.4 Å². The fourth-order valence-electron chi connectivity index (χ4n) is 4.99. The van der Waals surface area contributed by atoms with Crippen LogP contribution in [0.25, 0.3) is 0 Å². The maximum Gasteiger partial charge on any atom is 0.408 e. The van der Waals surface area contributed by atoms with E-state index in [1.165, 1.54) is 18.2 Å². The highest BCUT2D eigenvalue weighted by Crippen LogP contribution is 2.22. The smallest absolute Gasteiger partial charge is 0.408 e. The monoisotopic (exact) mass is 708 g/mol. The first-order valence-corrected chi connectivity index (χ1v) is 16.9. The lowest BCUT2D eigenvalue weighted by molar-refractivity contribution is -0.119. The lowest BCUT2D eigenvalue weighted by Gasteiger charge is -2.23. The van der Waals surface area contributed by atoms with E-state index in [0.717, 1.165) is 16.7 Å². The van der Waals surface area contributed by atoms with Crippen LogP contribution in [-0.4, -0.2) is 42.1 Å². The lowest BCUT2D eigenvalue weighted by atomic mass is 10.0. The van der Waals surface area contributed by atoms with Gasteiger partial charge in [0.05, 0.1) is 5.56 Å². The number of carbonyl (C=O) groups is 5. The van der Waals surface area contributed by atoms with Gasteiger partial charge in [-0.1, -0.05) is 119 Å². The van der Waals surface area contributed by atoms with Crippen LogP contribution in [0.3, 0.4) is 0 Å². The highest BCUT2D eigenvalue weighted by atomic mass is 16.6. The normalized spacial score (nSPS) is 11.9. The Bertz CT molecular complexity index is 1700. The summed E-state index contributed by atoms with van der Waals surface area (Å²) in [4.78, 5) is 65.6. The molecule has 4 N–H and O–H groups in total. The Balaban J connectivity index is 1.50. The first-order chi connectivity index (χ1) is 25.0. The van der Waals surface area contributed by atoms with Crippen molar-refractivity contribution in [2.75, 3.05) is 10.6 Å². The van der Waals surface area contributed by atoms with Crippen LogP contribution in [-0.2, 0) is 43.6 Å². The van der Waals surface area contributed by atoms with Crippen LogP contribution in [0.4, 0.5) is 21.0 Å². The predicted octanol–water partition coefficient (Wildman–Crippen LogP) is 6.82. The van der Waals surface area contributed by atoms with Crippen LogP contribution < -0.4 is 21.3 Å². The van der Waals surface area contributed by atoms with Crippen molar-refractivity contribution in [2.24, 2.45) is 11.8 Å². The van der Waals surface area contributed by atoms with Crippen molar-refractivity contribution in [1.82, 2.24) is 10.6 Å². The van der Waals surface area contributed by atoms with E-state index in [0.29, 0.717) is 0 Å². The molecule has 0 aromatic heterocycles. The zero-order valence-corrected chi connectivity index (χ0v) is 29.6. The maximum absolute atomic E-state index is 13.5. The average Bonchev–Trinajstić information content (AvgIpc) is 3.14. The van der Waals surface area contributed by atoms with Crippen molar-refractivity contribution in [2.45, 2.75) is 59.6 Å². The molecule has 4 amide bonds. The summed E-state index contributed by atoms with van der Waals surface area (Å²) in [6.07, 6.45) is -1.56. The molecule has 0 heterocycles. The number of amides is 4. The van der Waals surface area contributed by atoms with Crippen LogP contribution in [0.2, 0.25) is 0 Å². The molecular formula is C40H44N4O8. The largest absolute Gasteiger partial charge is 0.457 e. The van der Waals surface area contributed by atoms with Crippen molar-refractivity contribution in [3.8, 4) is 0 Å². The van der Waals surface area contributed by atoms with E-state index in [1.807, 2.05) is 91.0 Å². The van der Waals surface area contributed by atoms with E-state index in [4.69, 9.17) is 14.2 Å². The molecule has 0 radical (unpaired) electrons. The topological polar surface area (TPSA) is 161 Å². The highest BCUT2D eigenvalue weighted by Gasteiger charge is 2.28. The van der Waals surface area contributed by atoms with Gasteiger partial charge >= 0.3 is 18.2 Å². The van der Waals surface area contributed by atoms with Crippen LogP contribution >= 0.6 is 0 Å². The number of benzene rings is 4. The summed E-state index contributed by atoms with van der Waals surface area (Å²) in [7, 11) is 0. The van der Waals surface area contributed by atoms with E-state index in [2.05, 4.69) is 21.3 Å². The Hall–Kier alpha value is -6.17. The standard InChI is InChI=1S/C40H44N4O8/c1-26(2)34(43-39(48)51-24-29-16-10-6-11-17-29)36(45)41-32-20-31(38(47)50-23-28-14-8-5-9-15-28)21-33(22-32)42-37(46)35(27(3)4)44-40(49)52-25-30-18-12-7-13-19-30/h5-22,26-27,34-35H,23-25H2,1-4H3,(H,41,45)(H,42,46)(H,43,48)(H,44,49)/t34-,35-/m0/s1. The molecule has 0 aliphatic heterocycles. The van der Waals surface area contributed by atoms with E-state index >= 15 is 0 Å². The molecule has 4 rings (SSSR count). The number of alkyl carbamates (subject to hydrolysis) is 2. The molecule has 0 fully saturated rings. The van der Waals surface area contributed by atoms with E-state index < -0.39 is 42.1 Å². The molecule has 12 heteroatoms. The lowest BCUT2D eigenvalue weighted by Crippen LogP contribution is -2.47. The minimum atomic E-state index is -1.01. The van der Waals surface area contributed by atoms with E-state index in [1.54, 1.807) is 27.7 Å². The summed E-state index contributed by atoms with van der Waals surface area (Å²) in [6.45, 7) is 7.07. The fourth-order valence-corrected chi connectivity index (χ4v) is 4.99. The third-order valence-corrected chi connectivity index (χ3v) is 7.79. The molecule has 0 saturated carbocycles. The predicted molar refractivity (Wildman–Crippen MR) is 196 cm³/mol. The molecule has 0 aliphatic carbocycles. The molecule has 272 valence electrons. The van der Waals surface area contributed by atoms with Gasteiger partial charge in [0.15, 0.2) is 0 Å². The number of ether oxygens (including phenoxy) is 3. The third kappa shape index (κ3) is 12.3. The molecule has 52 heavy (non-hydrogen) atoms. The molecule has 4 aromatic carbocycles. The van der Waals surface area contributed by atoms with Gasteiger partial charge in [-0.3, -0.25) is 9.59 Å². The number of hydrogen-bond donors (Lipinski definition) is 4. The molecule has 0 saturated heterocycles. The first kappa shape index (κ1) is 38.6. The highest BCUT2D eigenvalue weighted by molar-refractivity contribution is 6.02. The van der Waals surface area contributed by atoms with Crippen molar-refractivity contribution < 1.29 is 38.2 Å². The second kappa shape index (κ2) is 19.3. The fraction of sp³-hybridized carbons (Fsp3) is 0.275. The molecule has 0 unspecified atom stereocenters. The van der Waals surface area contributed by atoms with Gasteiger partial charge in [0.25, 0.3) is 0 Å². The number of esters is 1. The number of carbonyl (C=O) groups excluding carboxylic acids is 5. The van der Waals surface area contributed by atoms with Gasteiger partial charge in [-0.2, -0.15) is 0 Å². The summed E-state index contributed by atoms with van der Waals surface area (Å²) in [5, 5.41) is 10.7. The third-order valence-electron chi connectivity index (χ3n) is 7.79. The van der Waals surface area contributed by atoms with Crippen LogP contribution in [0.5, 0.6) is 0 Å².